The average molecular weight is 151 g/mol. The molecule has 0 rings (SSSR count). The Labute approximate surface area is 57.4 Å². The maximum Gasteiger partial charge on any atom is 0.294 e. The van der Waals surface area contributed by atoms with E-state index in [1.807, 2.05) is 0 Å². The first-order valence-electron chi connectivity index (χ1n) is 2.78. The second-order valence-corrected chi connectivity index (χ2v) is 1.66. The molecule has 0 aromatic carbocycles. The molecule has 0 spiro atoms. The Balaban J connectivity index is 3.34. The van der Waals surface area contributed by atoms with Crippen LogP contribution in [0.4, 0.5) is 0 Å². The summed E-state index contributed by atoms with van der Waals surface area (Å²) >= 11 is 0. The molecule has 0 amide bonds. The predicted molar refractivity (Wildman–Crippen MR) is 30.7 cm³/mol. The van der Waals surface area contributed by atoms with Gasteiger partial charge in [0.25, 0.3) is 5.09 Å². The third-order valence-corrected chi connectivity index (χ3v) is 0.970. The van der Waals surface area contributed by atoms with Gasteiger partial charge >= 0.3 is 0 Å². The molecule has 0 aliphatic rings. The summed E-state index contributed by atoms with van der Waals surface area (Å²) < 4.78 is 0. The van der Waals surface area contributed by atoms with Gasteiger partial charge in [0, 0.05) is 0 Å². The molecule has 6 heteroatoms. The van der Waals surface area contributed by atoms with Crippen LogP contribution in [-0.4, -0.2) is 23.1 Å². The lowest BCUT2D eigenvalue weighted by Gasteiger charge is -2.07. The molecule has 0 saturated heterocycles. The predicted octanol–water partition coefficient (Wildman–Crippen LogP) is 0.463. The average Bonchev–Trinajstić information content (AvgIpc) is 1.90. The van der Waals surface area contributed by atoms with Gasteiger partial charge in [-0.2, -0.15) is 0 Å². The highest BCUT2D eigenvalue weighted by Gasteiger charge is 2.07. The largest absolute Gasteiger partial charge is 0.311 e. The zero-order chi connectivity index (χ0) is 7.98. The summed E-state index contributed by atoms with van der Waals surface area (Å²) in [6.45, 7) is 1.48. The summed E-state index contributed by atoms with van der Waals surface area (Å²) in [6.07, 6.45) is -0.157. The van der Waals surface area contributed by atoms with Crippen LogP contribution in [0.15, 0.2) is 0 Å². The van der Waals surface area contributed by atoms with Gasteiger partial charge in [-0.05, 0) is 6.42 Å². The fourth-order valence-corrected chi connectivity index (χ4v) is 0.367. The molecule has 1 unspecified atom stereocenters. The van der Waals surface area contributed by atoms with Crippen molar-refractivity contribution in [1.82, 2.24) is 0 Å². The summed E-state index contributed by atoms with van der Waals surface area (Å²) in [4.78, 5) is 17.3. The van der Waals surface area contributed by atoms with Crippen molar-refractivity contribution in [1.29, 1.82) is 0 Å². The highest BCUT2D eigenvalue weighted by atomic mass is 17.1. The lowest BCUT2D eigenvalue weighted by molar-refractivity contribution is -0.760. The first kappa shape index (κ1) is 9.12. The number of rotatable bonds is 5. The first-order valence-corrected chi connectivity index (χ1v) is 2.78. The Hall–Kier alpha value is -0.880. The van der Waals surface area contributed by atoms with E-state index in [2.05, 4.69) is 9.73 Å². The van der Waals surface area contributed by atoms with Crippen molar-refractivity contribution < 1.29 is 20.1 Å². The van der Waals surface area contributed by atoms with Gasteiger partial charge in [0.05, 0.1) is 0 Å². The van der Waals surface area contributed by atoms with E-state index in [1.165, 1.54) is 0 Å². The lowest BCUT2D eigenvalue weighted by Crippen LogP contribution is -2.19. The summed E-state index contributed by atoms with van der Waals surface area (Å²) in [6, 6.07) is 0. The molecule has 0 aliphatic carbocycles. The molecular weight excluding hydrogens is 142 g/mol. The lowest BCUT2D eigenvalue weighted by atomic mass is 10.3. The first-order chi connectivity index (χ1) is 4.70. The zero-order valence-electron chi connectivity index (χ0n) is 5.52. The summed E-state index contributed by atoms with van der Waals surface area (Å²) in [5.74, 6) is 0. The van der Waals surface area contributed by atoms with E-state index in [-0.39, 0.29) is 6.61 Å². The molecule has 1 atom stereocenters. The van der Waals surface area contributed by atoms with Gasteiger partial charge in [0.1, 0.15) is 12.7 Å². The molecular formula is C4H9NO5. The number of hydrogen-bond acceptors (Lipinski definition) is 5. The van der Waals surface area contributed by atoms with Crippen LogP contribution in [0.5, 0.6) is 0 Å². The Bertz CT molecular complexity index is 102. The summed E-state index contributed by atoms with van der Waals surface area (Å²) in [7, 11) is 0. The molecule has 0 aromatic rings. The number of nitrogens with zero attached hydrogens (tertiary/aromatic N) is 1. The van der Waals surface area contributed by atoms with Gasteiger partial charge in [-0.25, -0.2) is 4.89 Å². The van der Waals surface area contributed by atoms with Crippen molar-refractivity contribution in [2.45, 2.75) is 19.4 Å². The smallest absolute Gasteiger partial charge is 0.294 e. The second kappa shape index (κ2) is 4.95. The maximum atomic E-state index is 9.58. The van der Waals surface area contributed by atoms with E-state index in [9.17, 15) is 10.1 Å². The van der Waals surface area contributed by atoms with Crippen LogP contribution < -0.4 is 0 Å². The van der Waals surface area contributed by atoms with E-state index in [0.717, 1.165) is 0 Å². The van der Waals surface area contributed by atoms with Crippen molar-refractivity contribution in [3.05, 3.63) is 10.1 Å². The number of hydrogen-bond donors (Lipinski definition) is 1. The third kappa shape index (κ3) is 4.04. The van der Waals surface area contributed by atoms with Crippen molar-refractivity contribution in [3.63, 3.8) is 0 Å². The molecule has 0 saturated carbocycles. The quantitative estimate of drug-likeness (QED) is 0.350. The van der Waals surface area contributed by atoms with Crippen LogP contribution in [0.25, 0.3) is 0 Å². The maximum absolute atomic E-state index is 9.58. The monoisotopic (exact) mass is 151 g/mol. The van der Waals surface area contributed by atoms with E-state index in [0.29, 0.717) is 6.42 Å². The van der Waals surface area contributed by atoms with Crippen LogP contribution in [0.3, 0.4) is 0 Å². The minimum absolute atomic E-state index is 0.236. The molecule has 0 fully saturated rings. The zero-order valence-corrected chi connectivity index (χ0v) is 5.52. The second-order valence-electron chi connectivity index (χ2n) is 1.66. The fraction of sp³-hybridized carbons (Fsp3) is 1.00. The molecule has 0 heterocycles. The minimum atomic E-state index is -0.929. The van der Waals surface area contributed by atoms with Gasteiger partial charge in [-0.15, -0.1) is 10.1 Å². The Morgan fingerprint density at radius 1 is 1.80 bits per heavy atom. The van der Waals surface area contributed by atoms with E-state index in [4.69, 9.17) is 5.26 Å². The third-order valence-electron chi connectivity index (χ3n) is 0.970. The van der Waals surface area contributed by atoms with Crippen LogP contribution in [0.1, 0.15) is 13.3 Å². The Morgan fingerprint density at radius 3 is 2.70 bits per heavy atom. The Kier molecular flexibility index (Phi) is 4.51. The molecule has 6 nitrogen and oxygen atoms in total. The van der Waals surface area contributed by atoms with Gasteiger partial charge in [0.15, 0.2) is 0 Å². The molecule has 60 valence electrons. The van der Waals surface area contributed by atoms with Crippen LogP contribution in [-0.2, 0) is 9.73 Å². The molecule has 10 heavy (non-hydrogen) atoms. The summed E-state index contributed by atoms with van der Waals surface area (Å²) in [5, 5.41) is 16.7. The normalized spacial score (nSPS) is 12.6. The molecule has 0 bridgehead atoms. The molecule has 0 aromatic heterocycles. The molecule has 0 aliphatic heterocycles. The minimum Gasteiger partial charge on any atom is -0.311 e. The van der Waals surface area contributed by atoms with Gasteiger partial charge in [0.2, 0.25) is 0 Å². The topological polar surface area (TPSA) is 81.8 Å². The SMILES string of the molecule is CCC(CO[N+](=O)[O-])OO. The van der Waals surface area contributed by atoms with E-state index < -0.39 is 11.2 Å². The van der Waals surface area contributed by atoms with E-state index in [1.54, 1.807) is 6.92 Å². The highest BCUT2D eigenvalue weighted by molar-refractivity contribution is 4.47. The van der Waals surface area contributed by atoms with Crippen molar-refractivity contribution in [3.8, 4) is 0 Å². The summed E-state index contributed by atoms with van der Waals surface area (Å²) in [5.41, 5.74) is 0. The molecule has 0 radical (unpaired) electrons. The molecule has 1 N–H and O–H groups in total. The van der Waals surface area contributed by atoms with Crippen LogP contribution in [0.2, 0.25) is 0 Å². The van der Waals surface area contributed by atoms with Gasteiger partial charge in [-0.1, -0.05) is 6.92 Å². The fourth-order valence-electron chi connectivity index (χ4n) is 0.367. The highest BCUT2D eigenvalue weighted by Crippen LogP contribution is 1.95. The van der Waals surface area contributed by atoms with Crippen molar-refractivity contribution in [2.75, 3.05) is 6.61 Å². The Morgan fingerprint density at radius 2 is 2.40 bits per heavy atom. The van der Waals surface area contributed by atoms with Crippen LogP contribution in [0, 0.1) is 10.1 Å². The van der Waals surface area contributed by atoms with Gasteiger partial charge in [-0.3, -0.25) is 5.26 Å². The standard InChI is InChI=1S/C4H9NO5/c1-2-4(10-8)3-9-5(6)7/h4,8H,2-3H2,1H3. The van der Waals surface area contributed by atoms with E-state index >= 15 is 0 Å². The van der Waals surface area contributed by atoms with Crippen LogP contribution >= 0.6 is 0 Å². The van der Waals surface area contributed by atoms with Crippen molar-refractivity contribution >= 4 is 0 Å². The van der Waals surface area contributed by atoms with Crippen molar-refractivity contribution in [2.24, 2.45) is 0 Å². The van der Waals surface area contributed by atoms with Gasteiger partial charge < -0.3 is 4.84 Å².